The first-order chi connectivity index (χ1) is 9.68. The van der Waals surface area contributed by atoms with Crippen LogP contribution in [0.25, 0.3) is 0 Å². The van der Waals surface area contributed by atoms with Gasteiger partial charge in [-0.3, -0.25) is 4.98 Å². The monoisotopic (exact) mass is 277 g/mol. The molecular formula is C17H31N3. The molecule has 0 aromatic carbocycles. The standard InChI is InChI=1S/C17H31N3/c1-16(2)19-11-6-4-5-7-14-20(3)15-10-17-8-12-18-13-9-17/h8-9,12-13,16,19H,4-7,10-11,14-15H2,1-3H3. The third-order valence-corrected chi connectivity index (χ3v) is 3.55. The number of rotatable bonds is 11. The van der Waals surface area contributed by atoms with Crippen LogP contribution in [0.2, 0.25) is 0 Å². The van der Waals surface area contributed by atoms with Gasteiger partial charge in [0.15, 0.2) is 0 Å². The largest absolute Gasteiger partial charge is 0.315 e. The Morgan fingerprint density at radius 1 is 1.05 bits per heavy atom. The van der Waals surface area contributed by atoms with Crippen LogP contribution in [0.1, 0.15) is 45.1 Å². The molecule has 0 atom stereocenters. The van der Waals surface area contributed by atoms with Gasteiger partial charge in [-0.1, -0.05) is 26.7 Å². The Balaban J connectivity index is 1.94. The predicted octanol–water partition coefficient (Wildman–Crippen LogP) is 3.11. The lowest BCUT2D eigenvalue weighted by Gasteiger charge is -2.16. The molecule has 0 aliphatic carbocycles. The molecule has 0 fully saturated rings. The van der Waals surface area contributed by atoms with E-state index in [4.69, 9.17) is 0 Å². The topological polar surface area (TPSA) is 28.2 Å². The van der Waals surface area contributed by atoms with Crippen LogP contribution in [0.4, 0.5) is 0 Å². The molecule has 0 aliphatic rings. The third-order valence-electron chi connectivity index (χ3n) is 3.55. The highest BCUT2D eigenvalue weighted by atomic mass is 15.1. The minimum Gasteiger partial charge on any atom is -0.315 e. The Morgan fingerprint density at radius 2 is 1.75 bits per heavy atom. The smallest absolute Gasteiger partial charge is 0.0270 e. The van der Waals surface area contributed by atoms with Crippen LogP contribution in [-0.2, 0) is 6.42 Å². The molecule has 3 heteroatoms. The number of unbranched alkanes of at least 4 members (excludes halogenated alkanes) is 3. The van der Waals surface area contributed by atoms with Crippen molar-refractivity contribution in [3.63, 3.8) is 0 Å². The van der Waals surface area contributed by atoms with Crippen LogP contribution in [0.3, 0.4) is 0 Å². The molecule has 1 heterocycles. The quantitative estimate of drug-likeness (QED) is 0.630. The van der Waals surface area contributed by atoms with E-state index in [1.807, 2.05) is 12.4 Å². The lowest BCUT2D eigenvalue weighted by atomic mass is 10.1. The van der Waals surface area contributed by atoms with E-state index in [0.717, 1.165) is 19.5 Å². The van der Waals surface area contributed by atoms with Gasteiger partial charge in [-0.25, -0.2) is 0 Å². The second-order valence-electron chi connectivity index (χ2n) is 5.93. The van der Waals surface area contributed by atoms with Crippen molar-refractivity contribution < 1.29 is 0 Å². The molecule has 1 aromatic heterocycles. The van der Waals surface area contributed by atoms with Crippen LogP contribution >= 0.6 is 0 Å². The normalized spacial score (nSPS) is 11.4. The molecule has 1 rings (SSSR count). The summed E-state index contributed by atoms with van der Waals surface area (Å²) in [5, 5.41) is 3.47. The fourth-order valence-electron chi connectivity index (χ4n) is 2.23. The molecule has 1 aromatic rings. The number of hydrogen-bond acceptors (Lipinski definition) is 3. The molecule has 0 spiro atoms. The van der Waals surface area contributed by atoms with Crippen LogP contribution in [0.5, 0.6) is 0 Å². The maximum atomic E-state index is 4.05. The zero-order chi connectivity index (χ0) is 14.6. The van der Waals surface area contributed by atoms with E-state index in [1.165, 1.54) is 37.8 Å². The fraction of sp³-hybridized carbons (Fsp3) is 0.706. The van der Waals surface area contributed by atoms with Gasteiger partial charge in [0, 0.05) is 25.0 Å². The van der Waals surface area contributed by atoms with Gasteiger partial charge in [0.05, 0.1) is 0 Å². The summed E-state index contributed by atoms with van der Waals surface area (Å²) in [7, 11) is 2.22. The molecule has 114 valence electrons. The van der Waals surface area contributed by atoms with E-state index in [-0.39, 0.29) is 0 Å². The Labute approximate surface area is 124 Å². The molecule has 0 aliphatic heterocycles. The second-order valence-corrected chi connectivity index (χ2v) is 5.93. The first kappa shape index (κ1) is 17.1. The predicted molar refractivity (Wildman–Crippen MR) is 87.0 cm³/mol. The summed E-state index contributed by atoms with van der Waals surface area (Å²) in [6.45, 7) is 7.92. The highest BCUT2D eigenvalue weighted by molar-refractivity contribution is 5.09. The van der Waals surface area contributed by atoms with Gasteiger partial charge in [0.2, 0.25) is 0 Å². The highest BCUT2D eigenvalue weighted by Gasteiger charge is 1.99. The summed E-state index contributed by atoms with van der Waals surface area (Å²) < 4.78 is 0. The number of likely N-dealkylation sites (N-methyl/N-ethyl adjacent to an activating group) is 1. The van der Waals surface area contributed by atoms with Crippen molar-refractivity contribution in [3.05, 3.63) is 30.1 Å². The average Bonchev–Trinajstić information content (AvgIpc) is 2.45. The molecule has 0 saturated heterocycles. The second kappa shape index (κ2) is 10.8. The van der Waals surface area contributed by atoms with Crippen LogP contribution in [-0.4, -0.2) is 42.6 Å². The van der Waals surface area contributed by atoms with E-state index >= 15 is 0 Å². The minimum absolute atomic E-state index is 0.620. The number of hydrogen-bond donors (Lipinski definition) is 1. The summed E-state index contributed by atoms with van der Waals surface area (Å²) >= 11 is 0. The Hall–Kier alpha value is -0.930. The first-order valence-corrected chi connectivity index (χ1v) is 7.99. The highest BCUT2D eigenvalue weighted by Crippen LogP contribution is 2.03. The summed E-state index contributed by atoms with van der Waals surface area (Å²) in [6.07, 6.45) is 10.2. The molecule has 1 N–H and O–H groups in total. The van der Waals surface area contributed by atoms with Crippen LogP contribution in [0, 0.1) is 0 Å². The summed E-state index contributed by atoms with van der Waals surface area (Å²) in [4.78, 5) is 6.49. The van der Waals surface area contributed by atoms with Gasteiger partial charge in [-0.15, -0.1) is 0 Å². The van der Waals surface area contributed by atoms with E-state index in [2.05, 4.69) is 48.2 Å². The van der Waals surface area contributed by atoms with E-state index in [0.29, 0.717) is 6.04 Å². The molecule has 0 saturated carbocycles. The number of pyridine rings is 1. The summed E-state index contributed by atoms with van der Waals surface area (Å²) in [5.41, 5.74) is 1.38. The average molecular weight is 277 g/mol. The lowest BCUT2D eigenvalue weighted by molar-refractivity contribution is 0.327. The lowest BCUT2D eigenvalue weighted by Crippen LogP contribution is -2.24. The zero-order valence-electron chi connectivity index (χ0n) is 13.4. The van der Waals surface area contributed by atoms with Crippen molar-refractivity contribution in [2.24, 2.45) is 0 Å². The third kappa shape index (κ3) is 9.05. The molecule has 0 radical (unpaired) electrons. The van der Waals surface area contributed by atoms with Gasteiger partial charge >= 0.3 is 0 Å². The number of aromatic nitrogens is 1. The van der Waals surface area contributed by atoms with Crippen molar-refractivity contribution >= 4 is 0 Å². The Kier molecular flexibility index (Phi) is 9.25. The Bertz CT molecular complexity index is 324. The van der Waals surface area contributed by atoms with Crippen molar-refractivity contribution in [1.29, 1.82) is 0 Å². The molecular weight excluding hydrogens is 246 g/mol. The van der Waals surface area contributed by atoms with Crippen molar-refractivity contribution in [2.45, 2.75) is 52.0 Å². The molecule has 3 nitrogen and oxygen atoms in total. The van der Waals surface area contributed by atoms with Gasteiger partial charge in [-0.05, 0) is 57.1 Å². The van der Waals surface area contributed by atoms with Crippen molar-refractivity contribution in [3.8, 4) is 0 Å². The SMILES string of the molecule is CC(C)NCCCCCCN(C)CCc1ccncc1. The van der Waals surface area contributed by atoms with E-state index in [1.54, 1.807) is 0 Å². The van der Waals surface area contributed by atoms with Gasteiger partial charge in [0.1, 0.15) is 0 Å². The molecule has 0 amide bonds. The maximum absolute atomic E-state index is 4.05. The van der Waals surface area contributed by atoms with Gasteiger partial charge < -0.3 is 10.2 Å². The van der Waals surface area contributed by atoms with Crippen molar-refractivity contribution in [1.82, 2.24) is 15.2 Å². The first-order valence-electron chi connectivity index (χ1n) is 7.99. The maximum Gasteiger partial charge on any atom is 0.0270 e. The molecule has 20 heavy (non-hydrogen) atoms. The van der Waals surface area contributed by atoms with Gasteiger partial charge in [0.25, 0.3) is 0 Å². The summed E-state index contributed by atoms with van der Waals surface area (Å²) in [6, 6.07) is 4.83. The molecule has 0 bridgehead atoms. The van der Waals surface area contributed by atoms with Gasteiger partial charge in [-0.2, -0.15) is 0 Å². The molecule has 0 unspecified atom stereocenters. The Morgan fingerprint density at radius 3 is 2.45 bits per heavy atom. The minimum atomic E-state index is 0.620. The van der Waals surface area contributed by atoms with Crippen LogP contribution < -0.4 is 5.32 Å². The summed E-state index contributed by atoms with van der Waals surface area (Å²) in [5.74, 6) is 0. The van der Waals surface area contributed by atoms with E-state index < -0.39 is 0 Å². The van der Waals surface area contributed by atoms with Crippen LogP contribution in [0.15, 0.2) is 24.5 Å². The number of nitrogens with one attached hydrogen (secondary N) is 1. The van der Waals surface area contributed by atoms with E-state index in [9.17, 15) is 0 Å². The van der Waals surface area contributed by atoms with Crippen molar-refractivity contribution in [2.75, 3.05) is 26.7 Å². The fourth-order valence-corrected chi connectivity index (χ4v) is 2.23. The number of nitrogens with zero attached hydrogens (tertiary/aromatic N) is 2. The zero-order valence-corrected chi connectivity index (χ0v) is 13.4.